The molecule has 144 valence electrons. The number of amides is 1. The van der Waals surface area contributed by atoms with E-state index < -0.39 is 0 Å². The zero-order valence-corrected chi connectivity index (χ0v) is 16.0. The molecule has 3 aromatic rings. The molecule has 2 heterocycles. The number of piperazine rings is 1. The minimum atomic E-state index is -0.334. The van der Waals surface area contributed by atoms with Crippen LogP contribution in [0.2, 0.25) is 5.02 Å². The minimum absolute atomic E-state index is 0.0610. The lowest BCUT2D eigenvalue weighted by Gasteiger charge is -2.34. The number of carbonyl (C=O) groups excluding carboxylic acids is 1. The van der Waals surface area contributed by atoms with E-state index in [0.717, 1.165) is 24.3 Å². The number of hydrogen-bond acceptors (Lipinski definition) is 3. The van der Waals surface area contributed by atoms with Crippen LogP contribution in [0.25, 0.3) is 5.69 Å². The van der Waals surface area contributed by atoms with Crippen molar-refractivity contribution in [2.45, 2.75) is 6.54 Å². The van der Waals surface area contributed by atoms with Gasteiger partial charge in [0.2, 0.25) is 0 Å². The van der Waals surface area contributed by atoms with Crippen molar-refractivity contribution in [1.29, 1.82) is 0 Å². The number of nitrogens with zero attached hydrogens (tertiary/aromatic N) is 4. The van der Waals surface area contributed by atoms with Crippen LogP contribution in [0.5, 0.6) is 0 Å². The molecule has 1 aliphatic heterocycles. The van der Waals surface area contributed by atoms with E-state index in [0.29, 0.717) is 30.4 Å². The Kier molecular flexibility index (Phi) is 5.41. The molecule has 0 aliphatic carbocycles. The van der Waals surface area contributed by atoms with Crippen molar-refractivity contribution in [1.82, 2.24) is 19.6 Å². The van der Waals surface area contributed by atoms with Crippen LogP contribution in [-0.4, -0.2) is 51.7 Å². The Hall–Kier alpha value is -2.70. The van der Waals surface area contributed by atoms with Crippen molar-refractivity contribution in [3.8, 4) is 5.69 Å². The molecule has 4 rings (SSSR count). The molecular weight excluding hydrogens is 379 g/mol. The Labute approximate surface area is 167 Å². The van der Waals surface area contributed by atoms with E-state index >= 15 is 0 Å². The van der Waals surface area contributed by atoms with E-state index in [1.54, 1.807) is 23.0 Å². The Morgan fingerprint density at radius 2 is 1.79 bits per heavy atom. The second kappa shape index (κ2) is 8.12. The Balaban J connectivity index is 1.36. The summed E-state index contributed by atoms with van der Waals surface area (Å²) in [6.45, 7) is 3.35. The van der Waals surface area contributed by atoms with E-state index in [9.17, 15) is 9.18 Å². The summed E-state index contributed by atoms with van der Waals surface area (Å²) in [6.07, 6.45) is 1.80. The van der Waals surface area contributed by atoms with Gasteiger partial charge in [0.1, 0.15) is 5.82 Å². The fourth-order valence-electron chi connectivity index (χ4n) is 3.32. The average molecular weight is 399 g/mol. The van der Waals surface area contributed by atoms with Crippen molar-refractivity contribution < 1.29 is 9.18 Å². The molecule has 28 heavy (non-hydrogen) atoms. The van der Waals surface area contributed by atoms with E-state index in [4.69, 9.17) is 11.6 Å². The minimum Gasteiger partial charge on any atom is -0.335 e. The van der Waals surface area contributed by atoms with Crippen LogP contribution in [0.1, 0.15) is 16.1 Å². The van der Waals surface area contributed by atoms with E-state index in [2.05, 4.69) is 10.00 Å². The third kappa shape index (κ3) is 4.08. The lowest BCUT2D eigenvalue weighted by atomic mass is 10.2. The van der Waals surface area contributed by atoms with Gasteiger partial charge in [0.05, 0.1) is 5.69 Å². The third-order valence-corrected chi connectivity index (χ3v) is 5.25. The summed E-state index contributed by atoms with van der Waals surface area (Å²) >= 11 is 6.12. The number of rotatable bonds is 4. The molecular formula is C21H20ClFN4O. The van der Waals surface area contributed by atoms with Gasteiger partial charge in [0.15, 0.2) is 5.69 Å². The van der Waals surface area contributed by atoms with Crippen LogP contribution in [0.4, 0.5) is 4.39 Å². The largest absolute Gasteiger partial charge is 0.335 e. The first-order chi connectivity index (χ1) is 13.6. The quantitative estimate of drug-likeness (QED) is 0.674. The molecule has 0 atom stereocenters. The number of para-hydroxylation sites is 1. The number of benzene rings is 2. The van der Waals surface area contributed by atoms with Gasteiger partial charge in [-0.05, 0) is 35.9 Å². The van der Waals surface area contributed by atoms with Gasteiger partial charge in [0.25, 0.3) is 5.91 Å². The van der Waals surface area contributed by atoms with Gasteiger partial charge >= 0.3 is 0 Å². The molecule has 0 N–H and O–H groups in total. The van der Waals surface area contributed by atoms with Crippen molar-refractivity contribution >= 4 is 17.5 Å². The normalized spacial score (nSPS) is 15.0. The van der Waals surface area contributed by atoms with Crippen molar-refractivity contribution in [3.05, 3.63) is 82.9 Å². The molecule has 5 nitrogen and oxygen atoms in total. The fourth-order valence-corrected chi connectivity index (χ4v) is 3.55. The highest BCUT2D eigenvalue weighted by Gasteiger charge is 2.24. The summed E-state index contributed by atoms with van der Waals surface area (Å²) in [7, 11) is 0. The van der Waals surface area contributed by atoms with Gasteiger partial charge in [-0.3, -0.25) is 9.69 Å². The summed E-state index contributed by atoms with van der Waals surface area (Å²) < 4.78 is 14.9. The van der Waals surface area contributed by atoms with E-state index in [-0.39, 0.29) is 11.7 Å². The number of hydrogen-bond donors (Lipinski definition) is 0. The standard InChI is InChI=1S/C21H20ClFN4O/c22-19-14-17(23)7-6-16(19)15-25-10-12-26(13-11-25)21(28)20-8-9-27(24-20)18-4-2-1-3-5-18/h1-9,14H,10-13,15H2. The highest BCUT2D eigenvalue weighted by Crippen LogP contribution is 2.20. The zero-order valence-electron chi connectivity index (χ0n) is 15.3. The van der Waals surface area contributed by atoms with Crippen molar-refractivity contribution in [3.63, 3.8) is 0 Å². The Bertz CT molecular complexity index is 968. The molecule has 0 spiro atoms. The molecule has 1 aliphatic rings. The molecule has 0 unspecified atom stereocenters. The lowest BCUT2D eigenvalue weighted by molar-refractivity contribution is 0.0622. The third-order valence-electron chi connectivity index (χ3n) is 4.90. The SMILES string of the molecule is O=C(c1ccn(-c2ccccc2)n1)N1CCN(Cc2ccc(F)cc2Cl)CC1. The summed E-state index contributed by atoms with van der Waals surface area (Å²) in [5.74, 6) is -0.395. The van der Waals surface area contributed by atoms with Gasteiger partial charge in [-0.25, -0.2) is 9.07 Å². The van der Waals surface area contributed by atoms with E-state index in [1.807, 2.05) is 35.2 Å². The highest BCUT2D eigenvalue weighted by atomic mass is 35.5. The topological polar surface area (TPSA) is 41.4 Å². The van der Waals surface area contributed by atoms with Crippen LogP contribution < -0.4 is 0 Å². The van der Waals surface area contributed by atoms with Gasteiger partial charge < -0.3 is 4.90 Å². The monoisotopic (exact) mass is 398 g/mol. The van der Waals surface area contributed by atoms with Crippen molar-refractivity contribution in [2.24, 2.45) is 0 Å². The molecule has 0 radical (unpaired) electrons. The Morgan fingerprint density at radius 3 is 2.50 bits per heavy atom. The van der Waals surface area contributed by atoms with Crippen LogP contribution in [-0.2, 0) is 6.54 Å². The molecule has 0 bridgehead atoms. The van der Waals surface area contributed by atoms with Gasteiger partial charge in [-0.2, -0.15) is 5.10 Å². The first-order valence-corrected chi connectivity index (χ1v) is 9.54. The van der Waals surface area contributed by atoms with Crippen LogP contribution in [0.3, 0.4) is 0 Å². The number of halogens is 2. The van der Waals surface area contributed by atoms with Gasteiger partial charge in [-0.1, -0.05) is 35.9 Å². The van der Waals surface area contributed by atoms with Crippen LogP contribution >= 0.6 is 11.6 Å². The highest BCUT2D eigenvalue weighted by molar-refractivity contribution is 6.31. The molecule has 1 fully saturated rings. The summed E-state index contributed by atoms with van der Waals surface area (Å²) in [6, 6.07) is 15.9. The van der Waals surface area contributed by atoms with Crippen LogP contribution in [0.15, 0.2) is 60.8 Å². The second-order valence-corrected chi connectivity index (χ2v) is 7.19. The molecule has 1 saturated heterocycles. The smallest absolute Gasteiger partial charge is 0.274 e. The molecule has 2 aromatic carbocycles. The molecule has 1 aromatic heterocycles. The summed E-state index contributed by atoms with van der Waals surface area (Å²) in [4.78, 5) is 16.8. The predicted molar refractivity (Wildman–Crippen MR) is 106 cm³/mol. The maximum atomic E-state index is 13.2. The number of aromatic nitrogens is 2. The van der Waals surface area contributed by atoms with Crippen molar-refractivity contribution in [2.75, 3.05) is 26.2 Å². The fraction of sp³-hybridized carbons (Fsp3) is 0.238. The second-order valence-electron chi connectivity index (χ2n) is 6.79. The first kappa shape index (κ1) is 18.7. The molecule has 0 saturated carbocycles. The van der Waals surface area contributed by atoms with Crippen LogP contribution in [0, 0.1) is 5.82 Å². The maximum Gasteiger partial charge on any atom is 0.274 e. The summed E-state index contributed by atoms with van der Waals surface area (Å²) in [5.41, 5.74) is 2.26. The lowest BCUT2D eigenvalue weighted by Crippen LogP contribution is -2.48. The zero-order chi connectivity index (χ0) is 19.5. The van der Waals surface area contributed by atoms with E-state index in [1.165, 1.54) is 12.1 Å². The Morgan fingerprint density at radius 1 is 1.04 bits per heavy atom. The number of carbonyl (C=O) groups is 1. The predicted octanol–water partition coefficient (Wildman–Crippen LogP) is 3.62. The average Bonchev–Trinajstić information content (AvgIpc) is 3.21. The summed E-state index contributed by atoms with van der Waals surface area (Å²) in [5, 5.41) is 4.86. The van der Waals surface area contributed by atoms with Gasteiger partial charge in [0, 0.05) is 43.9 Å². The van der Waals surface area contributed by atoms with Gasteiger partial charge in [-0.15, -0.1) is 0 Å². The maximum absolute atomic E-state index is 13.2. The first-order valence-electron chi connectivity index (χ1n) is 9.17. The molecule has 7 heteroatoms. The molecule has 1 amide bonds.